The molecule has 13 heteroatoms. The number of thiazole rings is 1. The van der Waals surface area contributed by atoms with Crippen LogP contribution in [0.25, 0.3) is 10.8 Å². The van der Waals surface area contributed by atoms with E-state index in [1.165, 1.54) is 12.1 Å². The first-order valence-electron chi connectivity index (χ1n) is 14.0. The van der Waals surface area contributed by atoms with Crippen LogP contribution >= 0.6 is 23.1 Å². The molecule has 1 fully saturated rings. The van der Waals surface area contributed by atoms with Crippen LogP contribution in [0.5, 0.6) is 5.75 Å². The van der Waals surface area contributed by atoms with E-state index in [9.17, 15) is 32.3 Å². The Labute approximate surface area is 267 Å². The van der Waals surface area contributed by atoms with Crippen LogP contribution in [0.15, 0.2) is 101 Å². The second-order valence-electron chi connectivity index (χ2n) is 10.7. The molecule has 3 atom stereocenters. The summed E-state index contributed by atoms with van der Waals surface area (Å²) in [5.74, 6) is -3.91. The number of nitrogens with zero attached hydrogens (tertiary/aromatic N) is 1. The quantitative estimate of drug-likeness (QED) is 0.203. The third-order valence-electron chi connectivity index (χ3n) is 7.92. The highest BCUT2D eigenvalue weighted by Gasteiger charge is 2.57. The fraction of sp³-hybridized carbons (Fsp3) is 0.152. The Morgan fingerprint density at radius 1 is 0.891 bits per heavy atom. The molecule has 4 aromatic carbocycles. The van der Waals surface area contributed by atoms with Crippen LogP contribution in [-0.4, -0.2) is 34.6 Å². The molecular formula is C33H22F3N3O5S2. The molecule has 0 aliphatic carbocycles. The average Bonchev–Trinajstić information content (AvgIpc) is 3.53. The number of carbonyl (C=O) groups is 3. The Kier molecular flexibility index (Phi) is 7.44. The monoisotopic (exact) mass is 661 g/mol. The van der Waals surface area contributed by atoms with E-state index < -0.39 is 63.7 Å². The molecule has 0 radical (unpaired) electrons. The number of imide groups is 1. The molecule has 1 aromatic heterocycles. The maximum absolute atomic E-state index is 14.0. The number of amides is 3. The molecule has 46 heavy (non-hydrogen) atoms. The number of carbonyl (C=O) groups excluding carboxylic acids is 3. The minimum atomic E-state index is -4.81. The van der Waals surface area contributed by atoms with Gasteiger partial charge in [-0.05, 0) is 41.1 Å². The van der Waals surface area contributed by atoms with E-state index in [0.717, 1.165) is 46.0 Å². The van der Waals surface area contributed by atoms with Crippen molar-refractivity contribution in [3.8, 4) is 5.75 Å². The van der Waals surface area contributed by atoms with Gasteiger partial charge >= 0.3 is 11.0 Å². The Morgan fingerprint density at radius 3 is 2.41 bits per heavy atom. The number of hydrogen-bond donors (Lipinski definition) is 2. The van der Waals surface area contributed by atoms with Gasteiger partial charge in [0.1, 0.15) is 11.0 Å². The molecule has 2 aliphatic rings. The number of aromatic amines is 1. The number of hydrogen-bond acceptors (Lipinski definition) is 7. The van der Waals surface area contributed by atoms with Gasteiger partial charge in [-0.15, -0.1) is 0 Å². The maximum Gasteiger partial charge on any atom is 0.418 e. The minimum absolute atomic E-state index is 0.230. The van der Waals surface area contributed by atoms with Gasteiger partial charge in [-0.25, -0.2) is 4.90 Å². The van der Waals surface area contributed by atoms with Gasteiger partial charge in [0.25, 0.3) is 5.91 Å². The van der Waals surface area contributed by atoms with Gasteiger partial charge in [-0.1, -0.05) is 83.8 Å². The first-order valence-corrected chi connectivity index (χ1v) is 15.7. The van der Waals surface area contributed by atoms with Gasteiger partial charge in [0.2, 0.25) is 11.8 Å². The molecule has 1 saturated heterocycles. The first-order chi connectivity index (χ1) is 22.1. The van der Waals surface area contributed by atoms with E-state index in [2.05, 4.69) is 10.3 Å². The number of para-hydroxylation sites is 2. The number of benzene rings is 4. The van der Waals surface area contributed by atoms with Crippen molar-refractivity contribution in [2.45, 2.75) is 22.4 Å². The molecule has 3 heterocycles. The number of ether oxygens (including phenoxy) is 1. The van der Waals surface area contributed by atoms with Gasteiger partial charge in [0.15, 0.2) is 6.61 Å². The Balaban J connectivity index is 1.21. The highest BCUT2D eigenvalue weighted by Crippen LogP contribution is 2.55. The van der Waals surface area contributed by atoms with E-state index in [1.54, 1.807) is 30.3 Å². The van der Waals surface area contributed by atoms with Crippen LogP contribution in [0.4, 0.5) is 24.5 Å². The Bertz CT molecular complexity index is 2090. The maximum atomic E-state index is 14.0. The molecule has 2 unspecified atom stereocenters. The summed E-state index contributed by atoms with van der Waals surface area (Å²) in [6.07, 6.45) is -4.81. The molecule has 0 spiro atoms. The fourth-order valence-electron chi connectivity index (χ4n) is 5.97. The highest BCUT2D eigenvalue weighted by atomic mass is 32.2. The van der Waals surface area contributed by atoms with E-state index in [0.29, 0.717) is 26.1 Å². The number of nitrogens with one attached hydrogen (secondary N) is 2. The van der Waals surface area contributed by atoms with Crippen molar-refractivity contribution in [3.63, 3.8) is 0 Å². The summed E-state index contributed by atoms with van der Waals surface area (Å²) < 4.78 is 47.8. The predicted molar refractivity (Wildman–Crippen MR) is 168 cm³/mol. The number of fused-ring (bicyclic) bond motifs is 3. The summed E-state index contributed by atoms with van der Waals surface area (Å²) in [4.78, 5) is 56.5. The molecule has 7 rings (SSSR count). The van der Waals surface area contributed by atoms with Gasteiger partial charge in [-0.3, -0.25) is 19.2 Å². The summed E-state index contributed by atoms with van der Waals surface area (Å²) >= 11 is 1.81. The van der Waals surface area contributed by atoms with E-state index in [-0.39, 0.29) is 5.75 Å². The molecule has 0 bridgehead atoms. The van der Waals surface area contributed by atoms with Crippen LogP contribution in [0.1, 0.15) is 21.9 Å². The van der Waals surface area contributed by atoms with Crippen molar-refractivity contribution in [2.24, 2.45) is 5.92 Å². The lowest BCUT2D eigenvalue weighted by Gasteiger charge is -2.30. The third-order valence-corrected chi connectivity index (χ3v) is 10.3. The van der Waals surface area contributed by atoms with Gasteiger partial charge in [0, 0.05) is 22.0 Å². The standard InChI is InChI=1S/C33H22F3N3O5S2/c34-33(35,36)21-10-4-5-11-22(21)39-30(41)26-25(27-29(38-32(43)46-27)45-28(26)31(39)42)20-9-3-6-12-23(20)44-16-24(40)37-19-14-13-17-7-1-2-8-18(17)15-19/h1-15,25-26,28H,16H2,(H,37,40)(H,38,43)/t25-,26?,28?/m1/s1. The van der Waals surface area contributed by atoms with Crippen molar-refractivity contribution in [1.29, 1.82) is 0 Å². The zero-order valence-corrected chi connectivity index (χ0v) is 25.2. The number of rotatable bonds is 6. The van der Waals surface area contributed by atoms with Crippen LogP contribution in [-0.2, 0) is 20.6 Å². The summed E-state index contributed by atoms with van der Waals surface area (Å²) in [5.41, 5.74) is -0.671. The lowest BCUT2D eigenvalue weighted by molar-refractivity contribution is -0.137. The zero-order valence-electron chi connectivity index (χ0n) is 23.5. The molecule has 2 N–H and O–H groups in total. The fourth-order valence-corrected chi connectivity index (χ4v) is 8.48. The largest absolute Gasteiger partial charge is 0.483 e. The number of H-pyrrole nitrogens is 1. The third kappa shape index (κ3) is 5.24. The van der Waals surface area contributed by atoms with E-state index in [1.807, 2.05) is 36.4 Å². The zero-order chi connectivity index (χ0) is 32.2. The van der Waals surface area contributed by atoms with Gasteiger partial charge in [-0.2, -0.15) is 13.2 Å². The second-order valence-corrected chi connectivity index (χ2v) is 12.9. The molecule has 5 aromatic rings. The van der Waals surface area contributed by atoms with Crippen molar-refractivity contribution in [1.82, 2.24) is 4.98 Å². The highest BCUT2D eigenvalue weighted by molar-refractivity contribution is 8.00. The van der Waals surface area contributed by atoms with E-state index >= 15 is 0 Å². The summed E-state index contributed by atoms with van der Waals surface area (Å²) in [7, 11) is 0. The number of aromatic nitrogens is 1. The molecular weight excluding hydrogens is 640 g/mol. The molecule has 232 valence electrons. The molecule has 3 amide bonds. The second kappa shape index (κ2) is 11.5. The lowest BCUT2D eigenvalue weighted by Crippen LogP contribution is -2.33. The van der Waals surface area contributed by atoms with Crippen LogP contribution in [0.2, 0.25) is 0 Å². The smallest absolute Gasteiger partial charge is 0.418 e. The van der Waals surface area contributed by atoms with Crippen molar-refractivity contribution in [2.75, 3.05) is 16.8 Å². The van der Waals surface area contributed by atoms with Crippen LogP contribution < -0.4 is 19.8 Å². The van der Waals surface area contributed by atoms with Crippen LogP contribution in [0, 0.1) is 5.92 Å². The summed E-state index contributed by atoms with van der Waals surface area (Å²) in [6.45, 7) is -0.395. The first kappa shape index (κ1) is 29.8. The van der Waals surface area contributed by atoms with Crippen LogP contribution in [0.3, 0.4) is 0 Å². The predicted octanol–water partition coefficient (Wildman–Crippen LogP) is 6.42. The number of anilines is 2. The minimum Gasteiger partial charge on any atom is -0.483 e. The molecule has 8 nitrogen and oxygen atoms in total. The SMILES string of the molecule is O=C(COc1ccccc1[C@H]1c2sc(=O)[nH]c2SC2C(=O)N(c3ccccc3C(F)(F)F)C(=O)C21)Nc1ccc2ccccc2c1. The summed E-state index contributed by atoms with van der Waals surface area (Å²) in [5, 5.41) is 4.01. The lowest BCUT2D eigenvalue weighted by atomic mass is 9.82. The summed E-state index contributed by atoms with van der Waals surface area (Å²) in [6, 6.07) is 24.2. The molecule has 0 saturated carbocycles. The van der Waals surface area contributed by atoms with Crippen molar-refractivity contribution >= 4 is 63.0 Å². The average molecular weight is 662 g/mol. The van der Waals surface area contributed by atoms with Crippen molar-refractivity contribution < 1.29 is 32.3 Å². The molecule has 2 aliphatic heterocycles. The van der Waals surface area contributed by atoms with E-state index in [4.69, 9.17) is 4.74 Å². The topological polar surface area (TPSA) is 109 Å². The Hall–Kier alpha value is -4.88. The Morgan fingerprint density at radius 2 is 1.61 bits per heavy atom. The van der Waals surface area contributed by atoms with Gasteiger partial charge < -0.3 is 15.0 Å². The van der Waals surface area contributed by atoms with Crippen molar-refractivity contribution in [3.05, 3.63) is 117 Å². The number of thioether (sulfide) groups is 1. The normalized spacial score (nSPS) is 19.2. The number of halogens is 3. The number of alkyl halides is 3. The van der Waals surface area contributed by atoms with Gasteiger partial charge in [0.05, 0.1) is 22.2 Å².